The molecule has 0 saturated heterocycles. The molecule has 4 nitrogen and oxygen atoms in total. The molecule has 0 aliphatic carbocycles. The van der Waals surface area contributed by atoms with E-state index in [9.17, 15) is 14.0 Å². The number of ketones is 1. The summed E-state index contributed by atoms with van der Waals surface area (Å²) in [6.45, 7) is 3.81. The molecule has 2 aromatic carbocycles. The van der Waals surface area contributed by atoms with Crippen LogP contribution in [-0.4, -0.2) is 25.4 Å². The van der Waals surface area contributed by atoms with Crippen LogP contribution in [0.2, 0.25) is 0 Å². The minimum atomic E-state index is -0.518. The Kier molecular flexibility index (Phi) is 5.13. The number of benzene rings is 2. The number of esters is 1. The van der Waals surface area contributed by atoms with Gasteiger partial charge in [-0.3, -0.25) is 9.59 Å². The number of hydrogen-bond donors (Lipinski definition) is 0. The Morgan fingerprint density at radius 3 is 2.44 bits per heavy atom. The maximum atomic E-state index is 12.9. The lowest BCUT2D eigenvalue weighted by Gasteiger charge is -2.23. The van der Waals surface area contributed by atoms with Gasteiger partial charge in [0.05, 0.1) is 6.42 Å². The van der Waals surface area contributed by atoms with Crippen LogP contribution in [0.5, 0.6) is 0 Å². The molecule has 0 fully saturated rings. The second-order valence-electron chi connectivity index (χ2n) is 7.16. The van der Waals surface area contributed by atoms with Gasteiger partial charge < -0.3 is 9.64 Å². The zero-order chi connectivity index (χ0) is 19.6. The number of fused-ring (bicyclic) bond motifs is 1. The molecule has 27 heavy (non-hydrogen) atoms. The number of hydrogen-bond acceptors (Lipinski definition) is 4. The largest absolute Gasteiger partial charge is 0.457 e. The number of likely N-dealkylation sites (N-methyl/N-ethyl adjacent to an activating group) is 1. The van der Waals surface area contributed by atoms with Crippen LogP contribution in [0.3, 0.4) is 0 Å². The second kappa shape index (κ2) is 7.35. The van der Waals surface area contributed by atoms with Gasteiger partial charge in [-0.2, -0.15) is 0 Å². The van der Waals surface area contributed by atoms with Crippen LogP contribution in [0.4, 0.5) is 10.1 Å². The van der Waals surface area contributed by atoms with Gasteiger partial charge in [-0.1, -0.05) is 44.2 Å². The molecule has 0 radical (unpaired) electrons. The average Bonchev–Trinajstić information content (AvgIpc) is 2.83. The standard InChI is InChI=1S/C22H22FNO3/c1-22(2)18-6-4-5-7-19(18)24(3)20(22)13-17(25)14-27-21(26)12-15-8-10-16(23)11-9-15/h4-11,13H,12,14H2,1-3H3. The first-order valence-electron chi connectivity index (χ1n) is 8.77. The van der Waals surface area contributed by atoms with Gasteiger partial charge in [0.2, 0.25) is 0 Å². The SMILES string of the molecule is CN1C(=CC(=O)COC(=O)Cc2ccc(F)cc2)C(C)(C)c2ccccc21. The first-order chi connectivity index (χ1) is 12.8. The smallest absolute Gasteiger partial charge is 0.310 e. The van der Waals surface area contributed by atoms with Gasteiger partial charge in [-0.25, -0.2) is 4.39 Å². The van der Waals surface area contributed by atoms with Crippen LogP contribution >= 0.6 is 0 Å². The third-order valence-electron chi connectivity index (χ3n) is 4.88. The molecule has 0 amide bonds. The highest BCUT2D eigenvalue weighted by Crippen LogP contribution is 2.46. The number of carbonyl (C=O) groups is 2. The normalized spacial score (nSPS) is 16.3. The Morgan fingerprint density at radius 2 is 1.78 bits per heavy atom. The molecular weight excluding hydrogens is 345 g/mol. The lowest BCUT2D eigenvalue weighted by Crippen LogP contribution is -2.25. The van der Waals surface area contributed by atoms with Gasteiger partial charge in [-0.15, -0.1) is 0 Å². The number of anilines is 1. The number of nitrogens with zero attached hydrogens (tertiary/aromatic N) is 1. The van der Waals surface area contributed by atoms with Crippen molar-refractivity contribution >= 4 is 17.4 Å². The molecule has 2 aromatic rings. The van der Waals surface area contributed by atoms with Crippen molar-refractivity contribution in [2.75, 3.05) is 18.6 Å². The van der Waals surface area contributed by atoms with Gasteiger partial charge in [-0.05, 0) is 29.3 Å². The summed E-state index contributed by atoms with van der Waals surface area (Å²) >= 11 is 0. The van der Waals surface area contributed by atoms with Crippen molar-refractivity contribution in [2.45, 2.75) is 25.7 Å². The van der Waals surface area contributed by atoms with Crippen molar-refractivity contribution in [3.8, 4) is 0 Å². The van der Waals surface area contributed by atoms with Gasteiger partial charge in [0.15, 0.2) is 12.4 Å². The Hall–Kier alpha value is -2.95. The van der Waals surface area contributed by atoms with Gasteiger partial charge in [0, 0.05) is 29.9 Å². The maximum Gasteiger partial charge on any atom is 0.310 e. The molecule has 140 valence electrons. The number of carbonyl (C=O) groups excluding carboxylic acids is 2. The number of rotatable bonds is 5. The fourth-order valence-corrected chi connectivity index (χ4v) is 3.42. The van der Waals surface area contributed by atoms with E-state index in [4.69, 9.17) is 4.74 Å². The van der Waals surface area contributed by atoms with Gasteiger partial charge in [0.25, 0.3) is 0 Å². The van der Waals surface area contributed by atoms with Crippen molar-refractivity contribution < 1.29 is 18.7 Å². The molecule has 0 atom stereocenters. The Labute approximate surface area is 158 Å². The zero-order valence-electron chi connectivity index (χ0n) is 15.7. The van der Waals surface area contributed by atoms with Crippen LogP contribution in [0.25, 0.3) is 0 Å². The highest BCUT2D eigenvalue weighted by atomic mass is 19.1. The van der Waals surface area contributed by atoms with Crippen molar-refractivity contribution in [3.05, 3.63) is 77.2 Å². The molecule has 0 bridgehead atoms. The molecule has 1 heterocycles. The van der Waals surface area contributed by atoms with Crippen molar-refractivity contribution in [3.63, 3.8) is 0 Å². The second-order valence-corrected chi connectivity index (χ2v) is 7.16. The molecule has 0 aromatic heterocycles. The number of allylic oxidation sites excluding steroid dienone is 1. The molecule has 5 heteroatoms. The van der Waals surface area contributed by atoms with Crippen molar-refractivity contribution in [2.24, 2.45) is 0 Å². The Balaban J connectivity index is 1.63. The topological polar surface area (TPSA) is 46.6 Å². The zero-order valence-corrected chi connectivity index (χ0v) is 15.7. The van der Waals surface area contributed by atoms with E-state index in [0.717, 1.165) is 16.9 Å². The summed E-state index contributed by atoms with van der Waals surface area (Å²) in [7, 11) is 1.92. The van der Waals surface area contributed by atoms with E-state index in [1.165, 1.54) is 24.3 Å². The van der Waals surface area contributed by atoms with Gasteiger partial charge in [0.1, 0.15) is 5.82 Å². The molecule has 0 saturated carbocycles. The lowest BCUT2D eigenvalue weighted by atomic mass is 9.83. The predicted molar refractivity (Wildman–Crippen MR) is 102 cm³/mol. The van der Waals surface area contributed by atoms with Crippen LogP contribution in [0.1, 0.15) is 25.0 Å². The van der Waals surface area contributed by atoms with E-state index in [1.807, 2.05) is 30.1 Å². The van der Waals surface area contributed by atoms with Gasteiger partial charge >= 0.3 is 5.97 Å². The summed E-state index contributed by atoms with van der Waals surface area (Å²) in [5, 5.41) is 0. The summed E-state index contributed by atoms with van der Waals surface area (Å²) < 4.78 is 18.0. The molecular formula is C22H22FNO3. The molecule has 1 aliphatic heterocycles. The first-order valence-corrected chi connectivity index (χ1v) is 8.77. The minimum absolute atomic E-state index is 0.000961. The quantitative estimate of drug-likeness (QED) is 0.596. The third kappa shape index (κ3) is 3.92. The van der Waals surface area contributed by atoms with E-state index >= 15 is 0 Å². The molecule has 1 aliphatic rings. The highest BCUT2D eigenvalue weighted by molar-refractivity contribution is 5.94. The van der Waals surface area contributed by atoms with Crippen LogP contribution in [0.15, 0.2) is 60.3 Å². The number of ether oxygens (including phenoxy) is 1. The highest BCUT2D eigenvalue weighted by Gasteiger charge is 2.38. The number of halogens is 1. The minimum Gasteiger partial charge on any atom is -0.457 e. The average molecular weight is 367 g/mol. The summed E-state index contributed by atoms with van der Waals surface area (Å²) in [6.07, 6.45) is 1.55. The fraction of sp³-hybridized carbons (Fsp3) is 0.273. The van der Waals surface area contributed by atoms with Crippen molar-refractivity contribution in [1.82, 2.24) is 0 Å². The summed E-state index contributed by atoms with van der Waals surface area (Å²) in [5.41, 5.74) is 3.41. The monoisotopic (exact) mass is 367 g/mol. The molecule has 0 spiro atoms. The Morgan fingerprint density at radius 1 is 1.11 bits per heavy atom. The number of para-hydroxylation sites is 1. The molecule has 0 unspecified atom stereocenters. The fourth-order valence-electron chi connectivity index (χ4n) is 3.42. The lowest BCUT2D eigenvalue weighted by molar-refractivity contribution is -0.146. The summed E-state index contributed by atoms with van der Waals surface area (Å²) in [6, 6.07) is 13.6. The van der Waals surface area contributed by atoms with E-state index in [-0.39, 0.29) is 30.0 Å². The molecule has 0 N–H and O–H groups in total. The van der Waals surface area contributed by atoms with Crippen LogP contribution < -0.4 is 4.90 Å². The van der Waals surface area contributed by atoms with Crippen LogP contribution in [0, 0.1) is 5.82 Å². The third-order valence-corrected chi connectivity index (χ3v) is 4.88. The van der Waals surface area contributed by atoms with E-state index in [1.54, 1.807) is 6.08 Å². The summed E-state index contributed by atoms with van der Waals surface area (Å²) in [4.78, 5) is 26.3. The van der Waals surface area contributed by atoms with E-state index < -0.39 is 5.97 Å². The maximum absolute atomic E-state index is 12.9. The summed E-state index contributed by atoms with van der Waals surface area (Å²) in [5.74, 6) is -1.15. The van der Waals surface area contributed by atoms with E-state index in [0.29, 0.717) is 5.56 Å². The molecule has 3 rings (SSSR count). The first kappa shape index (κ1) is 18.8. The van der Waals surface area contributed by atoms with E-state index in [2.05, 4.69) is 19.9 Å². The van der Waals surface area contributed by atoms with Crippen LogP contribution in [-0.2, 0) is 26.2 Å². The predicted octanol–water partition coefficient (Wildman–Crippen LogP) is 3.79. The van der Waals surface area contributed by atoms with Crippen molar-refractivity contribution in [1.29, 1.82) is 0 Å². The Bertz CT molecular complexity index is 900.